The van der Waals surface area contributed by atoms with Crippen molar-refractivity contribution in [1.29, 1.82) is 0 Å². The van der Waals surface area contributed by atoms with Gasteiger partial charge in [0.25, 0.3) is 0 Å². The lowest BCUT2D eigenvalue weighted by atomic mass is 9.87. The molecule has 1 aliphatic rings. The lowest BCUT2D eigenvalue weighted by Gasteiger charge is -2.20. The Balaban J connectivity index is 1.33. The van der Waals surface area contributed by atoms with E-state index in [0.29, 0.717) is 6.61 Å². The lowest BCUT2D eigenvalue weighted by Crippen LogP contribution is -2.22. The van der Waals surface area contributed by atoms with Gasteiger partial charge in [-0.05, 0) is 66.3 Å². The van der Waals surface area contributed by atoms with Crippen molar-refractivity contribution in [3.05, 3.63) is 70.9 Å². The Morgan fingerprint density at radius 3 is 2.56 bits per heavy atom. The van der Waals surface area contributed by atoms with Gasteiger partial charge in [-0.15, -0.1) is 0 Å². The predicted octanol–water partition coefficient (Wildman–Crippen LogP) is 6.16. The largest absolute Gasteiger partial charge is 0.494 e. The maximum Gasteiger partial charge on any atom is 0.303 e. The van der Waals surface area contributed by atoms with Gasteiger partial charge in [0.1, 0.15) is 11.6 Å². The van der Waals surface area contributed by atoms with Crippen LogP contribution in [0.1, 0.15) is 68.3 Å². The third-order valence-electron chi connectivity index (χ3n) is 6.88. The molecule has 1 aromatic heterocycles. The minimum absolute atomic E-state index is 0.113. The van der Waals surface area contributed by atoms with Gasteiger partial charge >= 0.3 is 5.97 Å². The summed E-state index contributed by atoms with van der Waals surface area (Å²) in [7, 11) is 2.05. The van der Waals surface area contributed by atoms with Crippen LogP contribution in [-0.4, -0.2) is 41.2 Å². The molecular formula is C30H37N3O3. The van der Waals surface area contributed by atoms with E-state index in [1.54, 1.807) is 0 Å². The molecule has 0 spiro atoms. The number of carboxylic acid groups (broad SMARTS) is 1. The summed E-state index contributed by atoms with van der Waals surface area (Å²) in [5, 5.41) is 9.11. The molecule has 0 saturated heterocycles. The number of aryl methyl sites for hydroxylation is 2. The van der Waals surface area contributed by atoms with Crippen LogP contribution in [-0.2, 0) is 16.6 Å². The molecular weight excluding hydrogens is 450 g/mol. The van der Waals surface area contributed by atoms with Crippen LogP contribution in [0.25, 0.3) is 11.4 Å². The highest BCUT2D eigenvalue weighted by molar-refractivity contribution is 5.68. The zero-order valence-corrected chi connectivity index (χ0v) is 22.0. The van der Waals surface area contributed by atoms with E-state index in [2.05, 4.69) is 61.0 Å². The van der Waals surface area contributed by atoms with Crippen molar-refractivity contribution >= 4 is 11.8 Å². The normalized spacial score (nSPS) is 15.0. The minimum atomic E-state index is -0.735. The van der Waals surface area contributed by atoms with E-state index >= 15 is 0 Å². The van der Waals surface area contributed by atoms with E-state index in [0.717, 1.165) is 60.0 Å². The number of benzene rings is 2. The van der Waals surface area contributed by atoms with E-state index in [1.807, 2.05) is 32.2 Å². The van der Waals surface area contributed by atoms with E-state index in [9.17, 15) is 4.79 Å². The zero-order valence-electron chi connectivity index (χ0n) is 22.0. The molecule has 0 bridgehead atoms. The Kier molecular flexibility index (Phi) is 7.62. The molecule has 0 saturated carbocycles. The Morgan fingerprint density at radius 1 is 1.11 bits per heavy atom. The topological polar surface area (TPSA) is 75.5 Å². The van der Waals surface area contributed by atoms with Crippen LogP contribution in [0.15, 0.2) is 48.5 Å². The first-order valence-electron chi connectivity index (χ1n) is 12.8. The summed E-state index contributed by atoms with van der Waals surface area (Å²) < 4.78 is 6.01. The van der Waals surface area contributed by atoms with Crippen molar-refractivity contribution in [2.45, 2.75) is 64.7 Å². The van der Waals surface area contributed by atoms with E-state index < -0.39 is 5.97 Å². The number of hydrogen-bond donors (Lipinski definition) is 1. The van der Waals surface area contributed by atoms with Crippen LogP contribution < -0.4 is 9.64 Å². The quantitative estimate of drug-likeness (QED) is 0.364. The Morgan fingerprint density at radius 2 is 1.86 bits per heavy atom. The molecule has 0 amide bonds. The number of fused-ring (bicyclic) bond motifs is 1. The van der Waals surface area contributed by atoms with Gasteiger partial charge in [0.05, 0.1) is 13.0 Å². The molecule has 2 aromatic carbocycles. The second-order valence-corrected chi connectivity index (χ2v) is 10.8. The van der Waals surface area contributed by atoms with Crippen LogP contribution in [0.2, 0.25) is 0 Å². The number of ether oxygens (including phenoxy) is 1. The van der Waals surface area contributed by atoms with Gasteiger partial charge in [0.2, 0.25) is 0 Å². The number of aromatic nitrogens is 2. The fourth-order valence-electron chi connectivity index (χ4n) is 4.80. The maximum absolute atomic E-state index is 11.1. The number of anilines is 1. The number of carboxylic acids is 1. The highest BCUT2D eigenvalue weighted by Crippen LogP contribution is 2.37. The van der Waals surface area contributed by atoms with Crippen LogP contribution >= 0.6 is 0 Å². The summed E-state index contributed by atoms with van der Waals surface area (Å²) in [6.07, 6.45) is 2.87. The first kappa shape index (κ1) is 25.7. The predicted molar refractivity (Wildman–Crippen MR) is 144 cm³/mol. The summed E-state index contributed by atoms with van der Waals surface area (Å²) >= 11 is 0. The Labute approximate surface area is 214 Å². The standard InChI is InChI=1S/C30H37N3O3/c1-20-17-27(32-29(31-20)21-9-11-24(12-10-21)30(2,3)4)33(5)15-6-16-36-25-13-14-26-22(18-25)7-8-23(26)19-28(34)35/h9-14,17-18,23H,6-8,15-16,19H2,1-5H3,(H,34,35)/t23-/m0/s1. The monoisotopic (exact) mass is 487 g/mol. The highest BCUT2D eigenvalue weighted by Gasteiger charge is 2.25. The average Bonchev–Trinajstić information content (AvgIpc) is 3.22. The molecule has 6 nitrogen and oxygen atoms in total. The fraction of sp³-hybridized carbons (Fsp3) is 0.433. The van der Waals surface area contributed by atoms with Gasteiger partial charge in [-0.3, -0.25) is 4.79 Å². The number of carbonyl (C=O) groups is 1. The molecule has 6 heteroatoms. The second kappa shape index (κ2) is 10.7. The SMILES string of the molecule is Cc1cc(N(C)CCCOc2ccc3c(c2)CC[C@H]3CC(=O)O)nc(-c2ccc(C(C)(C)C)cc2)n1. The molecule has 3 aromatic rings. The van der Waals surface area contributed by atoms with E-state index in [1.165, 1.54) is 11.1 Å². The molecule has 36 heavy (non-hydrogen) atoms. The molecule has 4 rings (SSSR count). The van der Waals surface area contributed by atoms with Crippen molar-refractivity contribution in [1.82, 2.24) is 9.97 Å². The molecule has 1 atom stereocenters. The smallest absolute Gasteiger partial charge is 0.303 e. The average molecular weight is 488 g/mol. The molecule has 0 radical (unpaired) electrons. The summed E-state index contributed by atoms with van der Waals surface area (Å²) in [5.74, 6) is 1.89. The third-order valence-corrected chi connectivity index (χ3v) is 6.88. The third kappa shape index (κ3) is 6.23. The van der Waals surface area contributed by atoms with Crippen molar-refractivity contribution in [2.75, 3.05) is 25.1 Å². The molecule has 1 heterocycles. The summed E-state index contributed by atoms with van der Waals surface area (Å²) in [5.41, 5.74) is 5.74. The molecule has 190 valence electrons. The first-order chi connectivity index (χ1) is 17.1. The van der Waals surface area contributed by atoms with E-state index in [4.69, 9.17) is 14.8 Å². The number of nitrogens with zero attached hydrogens (tertiary/aromatic N) is 3. The van der Waals surface area contributed by atoms with Crippen LogP contribution in [0.3, 0.4) is 0 Å². The summed E-state index contributed by atoms with van der Waals surface area (Å²) in [6.45, 7) is 10.1. The molecule has 0 aliphatic heterocycles. The van der Waals surface area contributed by atoms with Crippen molar-refractivity contribution < 1.29 is 14.6 Å². The Hall–Kier alpha value is -3.41. The van der Waals surface area contributed by atoms with Crippen LogP contribution in [0, 0.1) is 6.92 Å². The van der Waals surface area contributed by atoms with E-state index in [-0.39, 0.29) is 17.8 Å². The first-order valence-corrected chi connectivity index (χ1v) is 12.8. The molecule has 1 N–H and O–H groups in total. The van der Waals surface area contributed by atoms with Crippen molar-refractivity contribution in [3.63, 3.8) is 0 Å². The minimum Gasteiger partial charge on any atom is -0.494 e. The van der Waals surface area contributed by atoms with Crippen molar-refractivity contribution in [2.24, 2.45) is 0 Å². The van der Waals surface area contributed by atoms with Gasteiger partial charge in [0, 0.05) is 30.9 Å². The van der Waals surface area contributed by atoms with Gasteiger partial charge < -0.3 is 14.7 Å². The molecule has 0 unspecified atom stereocenters. The maximum atomic E-state index is 11.1. The summed E-state index contributed by atoms with van der Waals surface area (Å²) in [4.78, 5) is 22.7. The van der Waals surface area contributed by atoms with Crippen LogP contribution in [0.4, 0.5) is 5.82 Å². The van der Waals surface area contributed by atoms with Gasteiger partial charge in [0.15, 0.2) is 5.82 Å². The zero-order chi connectivity index (χ0) is 25.9. The fourth-order valence-corrected chi connectivity index (χ4v) is 4.80. The number of aliphatic carboxylic acids is 1. The van der Waals surface area contributed by atoms with Gasteiger partial charge in [-0.25, -0.2) is 9.97 Å². The lowest BCUT2D eigenvalue weighted by molar-refractivity contribution is -0.137. The Bertz CT molecular complexity index is 1220. The van der Waals surface area contributed by atoms with Crippen molar-refractivity contribution in [3.8, 4) is 17.1 Å². The number of hydrogen-bond acceptors (Lipinski definition) is 5. The number of rotatable bonds is 9. The molecule has 0 fully saturated rings. The highest BCUT2D eigenvalue weighted by atomic mass is 16.5. The second-order valence-electron chi connectivity index (χ2n) is 10.8. The van der Waals surface area contributed by atoms with Crippen LogP contribution in [0.5, 0.6) is 5.75 Å². The van der Waals surface area contributed by atoms with Gasteiger partial charge in [-0.2, -0.15) is 0 Å². The summed E-state index contributed by atoms with van der Waals surface area (Å²) in [6, 6.07) is 16.6. The van der Waals surface area contributed by atoms with Gasteiger partial charge in [-0.1, -0.05) is 51.1 Å². The molecule has 1 aliphatic carbocycles.